The minimum atomic E-state index is -3.29. The Morgan fingerprint density at radius 2 is 1.88 bits per heavy atom. The van der Waals surface area contributed by atoms with E-state index < -0.39 is 21.7 Å². The predicted molar refractivity (Wildman–Crippen MR) is 99.5 cm³/mol. The normalized spacial score (nSPS) is 17.9. The van der Waals surface area contributed by atoms with Crippen molar-refractivity contribution in [2.24, 2.45) is 0 Å². The van der Waals surface area contributed by atoms with Crippen LogP contribution >= 0.6 is 0 Å². The van der Waals surface area contributed by atoms with Crippen molar-refractivity contribution in [3.8, 4) is 5.75 Å². The summed E-state index contributed by atoms with van der Waals surface area (Å²) in [7, 11) is -3.29. The number of rotatable bonds is 8. The van der Waals surface area contributed by atoms with Crippen LogP contribution in [0.1, 0.15) is 20.8 Å². The molecule has 25 heavy (non-hydrogen) atoms. The van der Waals surface area contributed by atoms with Crippen LogP contribution < -0.4 is 14.8 Å². The summed E-state index contributed by atoms with van der Waals surface area (Å²) < 4.78 is 31.6. The summed E-state index contributed by atoms with van der Waals surface area (Å²) in [6.45, 7) is 9.55. The predicted octanol–water partition coefficient (Wildman–Crippen LogP) is 0.872. The average Bonchev–Trinajstić information content (AvgIpc) is 2.57. The Morgan fingerprint density at radius 3 is 2.44 bits per heavy atom. The SMILES string of the molecule is CCS(=O)(=O)Nc1ccc(OC(C)(C)C(O)CN2CCNCC2)cc1. The fourth-order valence-electron chi connectivity index (χ4n) is 2.57. The molecular weight excluding hydrogens is 342 g/mol. The van der Waals surface area contributed by atoms with Gasteiger partial charge < -0.3 is 15.2 Å². The average molecular weight is 372 g/mol. The van der Waals surface area contributed by atoms with E-state index in [1.807, 2.05) is 13.8 Å². The Kier molecular flexibility index (Phi) is 6.67. The van der Waals surface area contributed by atoms with Crippen molar-refractivity contribution in [1.29, 1.82) is 0 Å². The van der Waals surface area contributed by atoms with Crippen LogP contribution in [0.15, 0.2) is 24.3 Å². The number of aliphatic hydroxyl groups is 1. The molecule has 1 unspecified atom stereocenters. The zero-order valence-electron chi connectivity index (χ0n) is 15.2. The van der Waals surface area contributed by atoms with Gasteiger partial charge in [0.15, 0.2) is 0 Å². The van der Waals surface area contributed by atoms with Gasteiger partial charge in [-0.3, -0.25) is 9.62 Å². The van der Waals surface area contributed by atoms with Crippen LogP contribution in [0.3, 0.4) is 0 Å². The van der Waals surface area contributed by atoms with Crippen molar-refractivity contribution < 1.29 is 18.3 Å². The third-order valence-corrected chi connectivity index (χ3v) is 5.64. The number of benzene rings is 1. The number of sulfonamides is 1. The first-order chi connectivity index (χ1) is 11.7. The van der Waals surface area contributed by atoms with Gasteiger partial charge in [-0.1, -0.05) is 0 Å². The molecular formula is C17H29N3O4S. The van der Waals surface area contributed by atoms with E-state index in [-0.39, 0.29) is 5.75 Å². The molecule has 3 N–H and O–H groups in total. The number of hydrogen-bond donors (Lipinski definition) is 3. The van der Waals surface area contributed by atoms with Crippen molar-refractivity contribution in [3.63, 3.8) is 0 Å². The van der Waals surface area contributed by atoms with Gasteiger partial charge in [-0.25, -0.2) is 8.42 Å². The lowest BCUT2D eigenvalue weighted by Crippen LogP contribution is -2.52. The molecule has 1 fully saturated rings. The van der Waals surface area contributed by atoms with Crippen LogP contribution in [0.25, 0.3) is 0 Å². The molecule has 0 radical (unpaired) electrons. The third-order valence-electron chi connectivity index (χ3n) is 4.33. The molecule has 1 aliphatic heterocycles. The van der Waals surface area contributed by atoms with Gasteiger partial charge in [-0.05, 0) is 45.0 Å². The van der Waals surface area contributed by atoms with Gasteiger partial charge in [0.25, 0.3) is 0 Å². The standard InChI is InChI=1S/C17H29N3O4S/c1-4-25(22,23)19-14-5-7-15(8-6-14)24-17(2,3)16(21)13-20-11-9-18-10-12-20/h5-8,16,18-19,21H,4,9-13H2,1-3H3. The molecule has 0 amide bonds. The minimum Gasteiger partial charge on any atom is -0.485 e. The smallest absolute Gasteiger partial charge is 0.232 e. The minimum absolute atomic E-state index is 0.0243. The second-order valence-electron chi connectivity index (χ2n) is 6.80. The van der Waals surface area contributed by atoms with Crippen LogP contribution in [0.2, 0.25) is 0 Å². The van der Waals surface area contributed by atoms with E-state index in [4.69, 9.17) is 4.74 Å². The second kappa shape index (κ2) is 8.35. The summed E-state index contributed by atoms with van der Waals surface area (Å²) in [5.41, 5.74) is -0.261. The highest BCUT2D eigenvalue weighted by atomic mass is 32.2. The molecule has 1 aromatic rings. The Morgan fingerprint density at radius 1 is 1.28 bits per heavy atom. The number of nitrogens with one attached hydrogen (secondary N) is 2. The highest BCUT2D eigenvalue weighted by Crippen LogP contribution is 2.24. The third kappa shape index (κ3) is 6.14. The van der Waals surface area contributed by atoms with Crippen LogP contribution in [-0.4, -0.2) is 68.6 Å². The monoisotopic (exact) mass is 371 g/mol. The van der Waals surface area contributed by atoms with Gasteiger partial charge in [-0.15, -0.1) is 0 Å². The van der Waals surface area contributed by atoms with Gasteiger partial charge in [0.05, 0.1) is 5.75 Å². The fourth-order valence-corrected chi connectivity index (χ4v) is 3.21. The molecule has 1 aromatic carbocycles. The molecule has 7 nitrogen and oxygen atoms in total. The van der Waals surface area contributed by atoms with Gasteiger partial charge >= 0.3 is 0 Å². The summed E-state index contributed by atoms with van der Waals surface area (Å²) in [4.78, 5) is 2.22. The summed E-state index contributed by atoms with van der Waals surface area (Å²) in [6, 6.07) is 6.71. The van der Waals surface area contributed by atoms with Crippen LogP contribution in [0.4, 0.5) is 5.69 Å². The van der Waals surface area contributed by atoms with Crippen molar-refractivity contribution in [3.05, 3.63) is 24.3 Å². The zero-order valence-corrected chi connectivity index (χ0v) is 16.0. The lowest BCUT2D eigenvalue weighted by molar-refractivity contribution is -0.0455. The van der Waals surface area contributed by atoms with E-state index in [9.17, 15) is 13.5 Å². The maximum atomic E-state index is 11.6. The first-order valence-corrected chi connectivity index (χ1v) is 10.3. The van der Waals surface area contributed by atoms with Gasteiger partial charge in [0.1, 0.15) is 17.5 Å². The molecule has 142 valence electrons. The number of anilines is 1. The molecule has 2 rings (SSSR count). The highest BCUT2D eigenvalue weighted by molar-refractivity contribution is 7.92. The van der Waals surface area contributed by atoms with Gasteiger partial charge in [-0.2, -0.15) is 0 Å². The second-order valence-corrected chi connectivity index (χ2v) is 8.81. The molecule has 1 heterocycles. The van der Waals surface area contributed by atoms with Crippen LogP contribution in [0, 0.1) is 0 Å². The van der Waals surface area contributed by atoms with E-state index in [0.29, 0.717) is 18.0 Å². The largest absolute Gasteiger partial charge is 0.485 e. The zero-order chi connectivity index (χ0) is 18.5. The van der Waals surface area contributed by atoms with E-state index in [1.54, 1.807) is 31.2 Å². The van der Waals surface area contributed by atoms with E-state index in [2.05, 4.69) is 14.9 Å². The summed E-state index contributed by atoms with van der Waals surface area (Å²) in [6.07, 6.45) is -0.635. The molecule has 0 aromatic heterocycles. The van der Waals surface area contributed by atoms with Crippen molar-refractivity contribution in [2.45, 2.75) is 32.5 Å². The number of aliphatic hydroxyl groups excluding tert-OH is 1. The maximum Gasteiger partial charge on any atom is 0.232 e. The Balaban J connectivity index is 1.94. The van der Waals surface area contributed by atoms with Crippen molar-refractivity contribution in [2.75, 3.05) is 43.2 Å². The molecule has 1 atom stereocenters. The summed E-state index contributed by atoms with van der Waals surface area (Å²) >= 11 is 0. The van der Waals surface area contributed by atoms with Crippen LogP contribution in [-0.2, 0) is 10.0 Å². The Bertz CT molecular complexity index is 640. The molecule has 1 aliphatic rings. The number of ether oxygens (including phenoxy) is 1. The number of β-amino-alcohol motifs (C(OH)–C–C–N with tert-alkyl or cyclic N) is 1. The summed E-state index contributed by atoms with van der Waals surface area (Å²) in [5.74, 6) is 0.611. The topological polar surface area (TPSA) is 90.9 Å². The molecule has 0 saturated carbocycles. The lowest BCUT2D eigenvalue weighted by atomic mass is 10.0. The van der Waals surface area contributed by atoms with Crippen LogP contribution in [0.5, 0.6) is 5.75 Å². The lowest BCUT2D eigenvalue weighted by Gasteiger charge is -2.36. The number of hydrogen-bond acceptors (Lipinski definition) is 6. The quantitative estimate of drug-likeness (QED) is 0.628. The van der Waals surface area contributed by atoms with E-state index >= 15 is 0 Å². The van der Waals surface area contributed by atoms with Gasteiger partial charge in [0.2, 0.25) is 10.0 Å². The molecule has 0 bridgehead atoms. The Hall–Kier alpha value is -1.35. The summed E-state index contributed by atoms with van der Waals surface area (Å²) in [5, 5.41) is 13.8. The number of piperazine rings is 1. The molecule has 0 spiro atoms. The van der Waals surface area contributed by atoms with E-state index in [0.717, 1.165) is 26.2 Å². The first-order valence-electron chi connectivity index (χ1n) is 8.62. The van der Waals surface area contributed by atoms with Crippen molar-refractivity contribution in [1.82, 2.24) is 10.2 Å². The maximum absolute atomic E-state index is 11.6. The van der Waals surface area contributed by atoms with Gasteiger partial charge in [0, 0.05) is 38.4 Å². The molecule has 8 heteroatoms. The van der Waals surface area contributed by atoms with E-state index in [1.165, 1.54) is 0 Å². The molecule has 0 aliphatic carbocycles. The Labute approximate surface area is 150 Å². The fraction of sp³-hybridized carbons (Fsp3) is 0.647. The number of nitrogens with zero attached hydrogens (tertiary/aromatic N) is 1. The highest BCUT2D eigenvalue weighted by Gasteiger charge is 2.31. The molecule has 1 saturated heterocycles. The van der Waals surface area contributed by atoms with Crippen molar-refractivity contribution >= 4 is 15.7 Å². The first kappa shape index (κ1) is 20.0.